The molecule has 3 aromatic rings. The molecule has 0 saturated heterocycles. The summed E-state index contributed by atoms with van der Waals surface area (Å²) in [6, 6.07) is 18.7. The van der Waals surface area contributed by atoms with E-state index in [4.69, 9.17) is 0 Å². The van der Waals surface area contributed by atoms with Crippen LogP contribution < -0.4 is 5.43 Å². The van der Waals surface area contributed by atoms with Crippen LogP contribution in [-0.4, -0.2) is 15.7 Å². The molecule has 0 aliphatic rings. The van der Waals surface area contributed by atoms with E-state index in [9.17, 15) is 0 Å². The normalized spacial score (nSPS) is 11.5. The van der Waals surface area contributed by atoms with Gasteiger partial charge in [-0.15, -0.1) is 0 Å². The summed E-state index contributed by atoms with van der Waals surface area (Å²) in [7, 11) is 0. The second-order valence-electron chi connectivity index (χ2n) is 6.41. The molecule has 0 amide bonds. The number of hydrogen-bond acceptors (Lipinski definition) is 4. The summed E-state index contributed by atoms with van der Waals surface area (Å²) >= 11 is 0. The highest BCUT2D eigenvalue weighted by atomic mass is 15.3. The maximum Gasteiger partial charge on any atom is 0.150 e. The zero-order valence-corrected chi connectivity index (χ0v) is 15.7. The fourth-order valence-corrected chi connectivity index (χ4v) is 2.76. The Hall–Kier alpha value is -3.01. The number of aromatic nitrogens is 2. The van der Waals surface area contributed by atoms with Crippen LogP contribution in [0.3, 0.4) is 0 Å². The molecule has 3 rings (SSSR count). The zero-order chi connectivity index (χ0) is 18.5. The van der Waals surface area contributed by atoms with Gasteiger partial charge in [0, 0.05) is 11.6 Å². The highest BCUT2D eigenvalue weighted by Crippen LogP contribution is 2.21. The Balaban J connectivity index is 1.83. The van der Waals surface area contributed by atoms with Crippen molar-refractivity contribution in [2.75, 3.05) is 5.43 Å². The quantitative estimate of drug-likeness (QED) is 0.514. The van der Waals surface area contributed by atoms with Crippen LogP contribution >= 0.6 is 0 Å². The number of anilines is 1. The van der Waals surface area contributed by atoms with Gasteiger partial charge in [-0.05, 0) is 44.4 Å². The summed E-state index contributed by atoms with van der Waals surface area (Å²) < 4.78 is 0. The lowest BCUT2D eigenvalue weighted by molar-refractivity contribution is 1.05. The molecule has 0 unspecified atom stereocenters. The molecule has 0 aliphatic heterocycles. The molecule has 1 heterocycles. The fourth-order valence-electron chi connectivity index (χ4n) is 2.76. The number of nitrogens with one attached hydrogen (secondary N) is 1. The molecule has 132 valence electrons. The van der Waals surface area contributed by atoms with Gasteiger partial charge in [-0.25, -0.2) is 9.97 Å². The summed E-state index contributed by atoms with van der Waals surface area (Å²) in [5.41, 5.74) is 9.59. The Labute approximate surface area is 155 Å². The number of hydrazone groups is 1. The van der Waals surface area contributed by atoms with E-state index >= 15 is 0 Å². The van der Waals surface area contributed by atoms with Crippen molar-refractivity contribution in [3.05, 3.63) is 77.1 Å². The average Bonchev–Trinajstić information content (AvgIpc) is 2.66. The minimum Gasteiger partial charge on any atom is -0.261 e. The topological polar surface area (TPSA) is 50.2 Å². The van der Waals surface area contributed by atoms with E-state index in [-0.39, 0.29) is 0 Å². The maximum absolute atomic E-state index is 4.55. The minimum absolute atomic E-state index is 0.693. The van der Waals surface area contributed by atoms with Gasteiger partial charge in [0.25, 0.3) is 0 Å². The van der Waals surface area contributed by atoms with E-state index in [1.807, 2.05) is 26.0 Å². The predicted molar refractivity (Wildman–Crippen MR) is 109 cm³/mol. The largest absolute Gasteiger partial charge is 0.261 e. The van der Waals surface area contributed by atoms with Crippen LogP contribution in [0.2, 0.25) is 0 Å². The molecule has 1 aromatic heterocycles. The van der Waals surface area contributed by atoms with Crippen LogP contribution in [0, 0.1) is 13.8 Å². The highest BCUT2D eigenvalue weighted by Gasteiger charge is 2.05. The van der Waals surface area contributed by atoms with Gasteiger partial charge in [0.05, 0.1) is 11.4 Å². The SMILES string of the molecule is CCc1ccc(/C(C)=N\Nc2cc(-c3cccc(C)c3)nc(C)n2)cc1. The van der Waals surface area contributed by atoms with Crippen molar-refractivity contribution in [1.82, 2.24) is 9.97 Å². The van der Waals surface area contributed by atoms with E-state index in [0.717, 1.165) is 29.0 Å². The molecule has 0 aliphatic carbocycles. The zero-order valence-electron chi connectivity index (χ0n) is 15.7. The van der Waals surface area contributed by atoms with E-state index in [1.54, 1.807) is 0 Å². The van der Waals surface area contributed by atoms with Crippen molar-refractivity contribution in [1.29, 1.82) is 0 Å². The van der Waals surface area contributed by atoms with Gasteiger partial charge in [-0.1, -0.05) is 55.0 Å². The molecule has 0 radical (unpaired) electrons. The Morgan fingerprint density at radius 1 is 1.00 bits per heavy atom. The molecule has 0 saturated carbocycles. The first-order valence-corrected chi connectivity index (χ1v) is 8.87. The standard InChI is InChI=1S/C22H24N4/c1-5-18-9-11-19(12-10-18)16(3)25-26-22-14-21(23-17(4)24-22)20-8-6-7-15(2)13-20/h6-14H,5H2,1-4H3,(H,23,24,26)/b25-16-. The third kappa shape index (κ3) is 4.33. The van der Waals surface area contributed by atoms with Crippen LogP contribution in [-0.2, 0) is 6.42 Å². The van der Waals surface area contributed by atoms with Crippen molar-refractivity contribution in [3.8, 4) is 11.3 Å². The van der Waals surface area contributed by atoms with Crippen molar-refractivity contribution >= 4 is 11.5 Å². The van der Waals surface area contributed by atoms with Gasteiger partial charge in [0.1, 0.15) is 11.6 Å². The van der Waals surface area contributed by atoms with Crippen molar-refractivity contribution in [2.45, 2.75) is 34.1 Å². The van der Waals surface area contributed by atoms with E-state index < -0.39 is 0 Å². The van der Waals surface area contributed by atoms with Crippen molar-refractivity contribution in [3.63, 3.8) is 0 Å². The Kier molecular flexibility index (Phi) is 5.42. The maximum atomic E-state index is 4.55. The molecule has 0 bridgehead atoms. The van der Waals surface area contributed by atoms with Crippen molar-refractivity contribution in [2.24, 2.45) is 5.10 Å². The van der Waals surface area contributed by atoms with Crippen LogP contribution in [0.5, 0.6) is 0 Å². The predicted octanol–water partition coefficient (Wildman–Crippen LogP) is 5.16. The first kappa shape index (κ1) is 17.8. The Bertz CT molecular complexity index is 927. The number of hydrogen-bond donors (Lipinski definition) is 1. The second-order valence-corrected chi connectivity index (χ2v) is 6.41. The first-order valence-electron chi connectivity index (χ1n) is 8.87. The lowest BCUT2D eigenvalue weighted by Gasteiger charge is -2.08. The van der Waals surface area contributed by atoms with Crippen molar-refractivity contribution < 1.29 is 0 Å². The highest BCUT2D eigenvalue weighted by molar-refractivity contribution is 5.99. The minimum atomic E-state index is 0.693. The average molecular weight is 344 g/mol. The van der Waals surface area contributed by atoms with Gasteiger partial charge in [-0.2, -0.15) is 5.10 Å². The molecule has 4 nitrogen and oxygen atoms in total. The lowest BCUT2D eigenvalue weighted by Crippen LogP contribution is -2.03. The van der Waals surface area contributed by atoms with Crippen LogP contribution in [0.15, 0.2) is 59.7 Å². The van der Waals surface area contributed by atoms with E-state index in [2.05, 4.69) is 76.8 Å². The third-order valence-corrected chi connectivity index (χ3v) is 4.27. The molecule has 0 fully saturated rings. The molecular formula is C22H24N4. The van der Waals surface area contributed by atoms with E-state index in [0.29, 0.717) is 11.6 Å². The molecule has 26 heavy (non-hydrogen) atoms. The van der Waals surface area contributed by atoms with Crippen LogP contribution in [0.25, 0.3) is 11.3 Å². The second kappa shape index (κ2) is 7.91. The van der Waals surface area contributed by atoms with E-state index in [1.165, 1.54) is 11.1 Å². The molecule has 0 spiro atoms. The fraction of sp³-hybridized carbons (Fsp3) is 0.227. The number of aryl methyl sites for hydroxylation is 3. The van der Waals surface area contributed by atoms with Gasteiger partial charge < -0.3 is 0 Å². The number of nitrogens with zero attached hydrogens (tertiary/aromatic N) is 3. The van der Waals surface area contributed by atoms with Crippen LogP contribution in [0.1, 0.15) is 36.4 Å². The number of benzene rings is 2. The van der Waals surface area contributed by atoms with Gasteiger partial charge in [0.15, 0.2) is 0 Å². The molecule has 0 atom stereocenters. The Morgan fingerprint density at radius 2 is 1.77 bits per heavy atom. The lowest BCUT2D eigenvalue weighted by atomic mass is 10.1. The number of rotatable bonds is 5. The molecule has 4 heteroatoms. The molecular weight excluding hydrogens is 320 g/mol. The molecule has 1 N–H and O–H groups in total. The summed E-state index contributed by atoms with van der Waals surface area (Å²) in [5, 5.41) is 4.49. The monoisotopic (exact) mass is 344 g/mol. The summed E-state index contributed by atoms with van der Waals surface area (Å²) in [6.07, 6.45) is 1.04. The van der Waals surface area contributed by atoms with Gasteiger partial charge in [-0.3, -0.25) is 5.43 Å². The van der Waals surface area contributed by atoms with Gasteiger partial charge >= 0.3 is 0 Å². The summed E-state index contributed by atoms with van der Waals surface area (Å²) in [4.78, 5) is 9.00. The first-order chi connectivity index (χ1) is 12.5. The summed E-state index contributed by atoms with van der Waals surface area (Å²) in [6.45, 7) is 8.11. The third-order valence-electron chi connectivity index (χ3n) is 4.27. The summed E-state index contributed by atoms with van der Waals surface area (Å²) in [5.74, 6) is 1.41. The smallest absolute Gasteiger partial charge is 0.150 e. The van der Waals surface area contributed by atoms with Crippen LogP contribution in [0.4, 0.5) is 5.82 Å². The van der Waals surface area contributed by atoms with Gasteiger partial charge in [0.2, 0.25) is 0 Å². The molecule has 2 aromatic carbocycles. The Morgan fingerprint density at radius 3 is 2.46 bits per heavy atom.